The van der Waals surface area contributed by atoms with Gasteiger partial charge in [0, 0.05) is 6.92 Å². The van der Waals surface area contributed by atoms with E-state index in [0.717, 1.165) is 6.92 Å². The Morgan fingerprint density at radius 1 is 1.24 bits per heavy atom. The second kappa shape index (κ2) is 7.07. The number of carbonyl (C=O) groups is 1. The fraction of sp³-hybridized carbons (Fsp3) is 0.875. The number of phosphoric ester groups is 1. The summed E-state index contributed by atoms with van der Waals surface area (Å²) in [5, 5.41) is 46.9. The predicted molar refractivity (Wildman–Crippen MR) is 60.7 cm³/mol. The Bertz CT molecular complexity index is 419. The first-order valence-electron chi connectivity index (χ1n) is 5.57. The number of aliphatic hydroxyl groups excluding tert-OH is 5. The van der Waals surface area contributed by atoms with Crippen LogP contribution in [0.4, 0.5) is 0 Å². The van der Waals surface area contributed by atoms with Gasteiger partial charge in [-0.2, -0.15) is 4.62 Å². The van der Waals surface area contributed by atoms with E-state index in [-0.39, 0.29) is 0 Å². The quantitative estimate of drug-likeness (QED) is 0.148. The van der Waals surface area contributed by atoms with Crippen molar-refractivity contribution in [2.45, 2.75) is 43.9 Å². The number of nitrogens with one attached hydrogen (secondary N) is 1. The van der Waals surface area contributed by atoms with Gasteiger partial charge in [-0.25, -0.2) is 10.0 Å². The minimum Gasteiger partial charge on any atom is -0.387 e. The van der Waals surface area contributed by atoms with Gasteiger partial charge in [-0.05, 0) is 0 Å². The number of aliphatic hydroxyl groups is 5. The summed E-state index contributed by atoms with van der Waals surface area (Å²) in [6, 6.07) is 0. The lowest BCUT2D eigenvalue weighted by atomic mass is 9.99. The van der Waals surface area contributed by atoms with Crippen molar-refractivity contribution < 1.29 is 53.7 Å². The normalized spacial score (nSPS) is 37.6. The van der Waals surface area contributed by atoms with E-state index in [1.54, 1.807) is 0 Å². The van der Waals surface area contributed by atoms with E-state index in [1.807, 2.05) is 0 Å². The molecule has 1 amide bonds. The average molecular weight is 333 g/mol. The van der Waals surface area contributed by atoms with Crippen LogP contribution in [0.2, 0.25) is 0 Å². The molecule has 1 aliphatic heterocycles. The van der Waals surface area contributed by atoms with Crippen molar-refractivity contribution in [1.82, 2.24) is 5.48 Å². The van der Waals surface area contributed by atoms with Gasteiger partial charge in [0.15, 0.2) is 12.6 Å². The molecule has 13 heteroatoms. The molecule has 1 rings (SSSR count). The molecule has 0 aromatic carbocycles. The van der Waals surface area contributed by atoms with Crippen molar-refractivity contribution >= 4 is 13.7 Å². The van der Waals surface area contributed by atoms with Crippen molar-refractivity contribution in [3.05, 3.63) is 0 Å². The number of hydrogen-bond acceptors (Lipinski definition) is 10. The number of amides is 1. The van der Waals surface area contributed by atoms with Crippen molar-refractivity contribution in [3.8, 4) is 0 Å². The van der Waals surface area contributed by atoms with Crippen LogP contribution in [0.5, 0.6) is 0 Å². The summed E-state index contributed by atoms with van der Waals surface area (Å²) in [6.45, 7) is 0.971. The molecule has 0 aromatic heterocycles. The second-order valence-corrected chi connectivity index (χ2v) is 5.51. The lowest BCUT2D eigenvalue weighted by Crippen LogP contribution is -2.60. The van der Waals surface area contributed by atoms with Crippen LogP contribution in [0.1, 0.15) is 6.92 Å². The average Bonchev–Trinajstić information content (AvgIpc) is 2.37. The van der Waals surface area contributed by atoms with Crippen LogP contribution in [-0.4, -0.2) is 73.3 Å². The van der Waals surface area contributed by atoms with E-state index in [4.69, 9.17) is 4.89 Å². The smallest absolute Gasteiger partial charge is 0.387 e. The van der Waals surface area contributed by atoms with Gasteiger partial charge < -0.3 is 35.2 Å². The maximum absolute atomic E-state index is 11.3. The minimum absolute atomic E-state index is 0.828. The summed E-state index contributed by atoms with van der Waals surface area (Å²) in [4.78, 5) is 19.7. The number of hydrogen-bond donors (Lipinski definition) is 7. The highest BCUT2D eigenvalue weighted by molar-refractivity contribution is 7.47. The second-order valence-electron chi connectivity index (χ2n) is 4.18. The Morgan fingerprint density at radius 2 is 1.81 bits per heavy atom. The highest BCUT2D eigenvalue weighted by Gasteiger charge is 2.48. The molecule has 0 spiro atoms. The number of phosphoric acid groups is 1. The largest absolute Gasteiger partial charge is 0.496 e. The molecule has 0 saturated carbocycles. The SMILES string of the molecule is CC(=O)NOP(=O)(O)OC(O)[C@H]1O[C@H](O)[C@@H](O)[C@@H](O)[C@@H]1O. The van der Waals surface area contributed by atoms with Gasteiger partial charge >= 0.3 is 7.82 Å². The van der Waals surface area contributed by atoms with Gasteiger partial charge in [-0.15, -0.1) is 0 Å². The lowest BCUT2D eigenvalue weighted by Gasteiger charge is -2.39. The summed E-state index contributed by atoms with van der Waals surface area (Å²) in [5.74, 6) is -0.828. The molecule has 0 bridgehead atoms. The third kappa shape index (κ3) is 4.93. The van der Waals surface area contributed by atoms with E-state index in [9.17, 15) is 34.9 Å². The number of hydroxylamine groups is 1. The van der Waals surface area contributed by atoms with Crippen molar-refractivity contribution in [2.75, 3.05) is 0 Å². The Morgan fingerprint density at radius 3 is 2.33 bits per heavy atom. The molecule has 1 saturated heterocycles. The van der Waals surface area contributed by atoms with Crippen LogP contribution in [0.3, 0.4) is 0 Å². The summed E-state index contributed by atoms with van der Waals surface area (Å²) in [5.41, 5.74) is 1.50. The van der Waals surface area contributed by atoms with Gasteiger partial charge in [0.2, 0.25) is 5.91 Å². The Labute approximate surface area is 118 Å². The topological polar surface area (TPSA) is 195 Å². The molecule has 7 N–H and O–H groups in total. The molecule has 1 aliphatic rings. The van der Waals surface area contributed by atoms with E-state index in [2.05, 4.69) is 13.9 Å². The molecular weight excluding hydrogens is 317 g/mol. The van der Waals surface area contributed by atoms with Gasteiger partial charge in [-0.1, -0.05) is 0 Å². The Hall–Kier alpha value is -0.660. The zero-order valence-corrected chi connectivity index (χ0v) is 11.5. The zero-order valence-electron chi connectivity index (χ0n) is 10.6. The third-order valence-electron chi connectivity index (χ3n) is 2.45. The first-order chi connectivity index (χ1) is 9.55. The molecule has 124 valence electrons. The molecule has 7 atom stereocenters. The minimum atomic E-state index is -4.95. The van der Waals surface area contributed by atoms with E-state index >= 15 is 0 Å². The Kier molecular flexibility index (Phi) is 6.19. The molecular formula is C8H16NO11P. The number of carbonyl (C=O) groups excluding carboxylic acids is 1. The van der Waals surface area contributed by atoms with Gasteiger partial charge in [-0.3, -0.25) is 9.32 Å². The molecule has 1 heterocycles. The standard InChI is InChI=1S/C8H16NO11P/c1-2(10)9-20-21(16,17)19-8(15)6-4(12)3(11)5(13)7(14)18-6/h3-8,11-15H,1H3,(H,9,10)(H,16,17)/t3-,4-,5-,6-,7-,8?/m0/s1. The lowest BCUT2D eigenvalue weighted by molar-refractivity contribution is -0.315. The highest BCUT2D eigenvalue weighted by Crippen LogP contribution is 2.44. The molecule has 21 heavy (non-hydrogen) atoms. The van der Waals surface area contributed by atoms with Gasteiger partial charge in [0.1, 0.15) is 24.4 Å². The molecule has 0 radical (unpaired) electrons. The zero-order chi connectivity index (χ0) is 16.4. The van der Waals surface area contributed by atoms with Gasteiger partial charge in [0.25, 0.3) is 0 Å². The van der Waals surface area contributed by atoms with Crippen LogP contribution in [0.15, 0.2) is 0 Å². The molecule has 2 unspecified atom stereocenters. The van der Waals surface area contributed by atoms with Crippen LogP contribution in [-0.2, 0) is 23.2 Å². The first kappa shape index (κ1) is 18.4. The first-order valence-corrected chi connectivity index (χ1v) is 7.07. The van der Waals surface area contributed by atoms with E-state index in [0.29, 0.717) is 0 Å². The maximum atomic E-state index is 11.3. The highest BCUT2D eigenvalue weighted by atomic mass is 31.2. The van der Waals surface area contributed by atoms with Crippen LogP contribution in [0.25, 0.3) is 0 Å². The summed E-state index contributed by atoms with van der Waals surface area (Å²) in [7, 11) is -4.95. The number of ether oxygens (including phenoxy) is 1. The fourth-order valence-corrected chi connectivity index (χ4v) is 2.14. The summed E-state index contributed by atoms with van der Waals surface area (Å²) in [6.07, 6.45) is -11.8. The fourth-order valence-electron chi connectivity index (χ4n) is 1.46. The van der Waals surface area contributed by atoms with Crippen molar-refractivity contribution in [2.24, 2.45) is 0 Å². The predicted octanol–water partition coefficient (Wildman–Crippen LogP) is -3.71. The monoisotopic (exact) mass is 333 g/mol. The van der Waals surface area contributed by atoms with Crippen LogP contribution < -0.4 is 5.48 Å². The molecule has 0 aliphatic carbocycles. The van der Waals surface area contributed by atoms with Crippen LogP contribution >= 0.6 is 7.82 Å². The summed E-state index contributed by atoms with van der Waals surface area (Å²) >= 11 is 0. The number of rotatable bonds is 5. The Balaban J connectivity index is 2.67. The third-order valence-corrected chi connectivity index (χ3v) is 3.26. The van der Waals surface area contributed by atoms with Crippen molar-refractivity contribution in [3.63, 3.8) is 0 Å². The maximum Gasteiger partial charge on any atom is 0.496 e. The summed E-state index contributed by atoms with van der Waals surface area (Å²) < 4.78 is 24.0. The van der Waals surface area contributed by atoms with Crippen molar-refractivity contribution in [1.29, 1.82) is 0 Å². The van der Waals surface area contributed by atoms with Gasteiger partial charge in [0.05, 0.1) is 0 Å². The van der Waals surface area contributed by atoms with E-state index in [1.165, 1.54) is 5.48 Å². The van der Waals surface area contributed by atoms with Crippen LogP contribution in [0, 0.1) is 0 Å². The molecule has 0 aromatic rings. The molecule has 12 nitrogen and oxygen atoms in total. The van der Waals surface area contributed by atoms with E-state index < -0.39 is 50.7 Å². The molecule has 1 fully saturated rings.